The molecule has 0 amide bonds. The molecule has 0 bridgehead atoms. The Kier molecular flexibility index (Phi) is 248. The van der Waals surface area contributed by atoms with Crippen LogP contribution in [0.3, 0.4) is 0 Å². The SMILES string of the molecule is O=[Si]([O-])[O-].O=[Si]([O-])[O-].O=[Si]([O-])[O-].O=[Si]([O-])[O-].O=[Si]([O-])[O-].O=[Si]([O-])[O-].O=[Si]([O-])[O-].[Fe+3].[Fe+3].[Fe+3].[Fe+3].[Na+].[Na+].[O-2].[Zn+2]. The molecule has 0 aromatic carbocycles. The normalized spacial score (nSPS) is 4.67. The minimum atomic E-state index is -3.63. The van der Waals surface area contributed by atoms with E-state index in [9.17, 15) is 0 Å². The molecule has 22 nitrogen and oxygen atoms in total. The van der Waals surface area contributed by atoms with Gasteiger partial charge < -0.3 is 104 Å². The molecule has 0 atom stereocenters. The molecule has 0 saturated carbocycles. The zero-order chi connectivity index (χ0) is 25.0. The fourth-order valence-electron chi connectivity index (χ4n) is 0. The van der Waals surface area contributed by atoms with E-state index in [1.165, 1.54) is 0 Å². The summed E-state index contributed by atoms with van der Waals surface area (Å²) in [4.78, 5) is 119. The molecule has 196 valence electrons. The topological polar surface area (TPSA) is 471 Å². The molecular formula is Fe4Na2O22Si7Zn. The van der Waals surface area contributed by atoms with E-state index >= 15 is 0 Å². The second-order valence-corrected chi connectivity index (χ2v) is 5.25. The van der Waals surface area contributed by atoms with Crippen molar-refractivity contribution < 1.29 is 251 Å². The smallest absolute Gasteiger partial charge is 2.00 e. The first-order valence-electron chi connectivity index (χ1n) is 4.29. The van der Waals surface area contributed by atoms with Crippen LogP contribution in [0, 0.1) is 0 Å². The fourth-order valence-corrected chi connectivity index (χ4v) is 0. The Morgan fingerprint density at radius 2 is 0.278 bits per heavy atom. The Morgan fingerprint density at radius 1 is 0.278 bits per heavy atom. The monoisotopic (exact) mass is 881 g/mol. The molecule has 0 N–H and O–H groups in total. The first kappa shape index (κ1) is 98.4. The molecule has 0 aliphatic heterocycles. The summed E-state index contributed by atoms with van der Waals surface area (Å²) in [5.41, 5.74) is 0. The Hall–Kier alpha value is 1.98. The Labute approximate surface area is 310 Å². The maximum Gasteiger partial charge on any atom is 3.00 e. The molecule has 0 fully saturated rings. The summed E-state index contributed by atoms with van der Waals surface area (Å²) in [5, 5.41) is 0. The average molecular weight is 883 g/mol. The molecule has 36 heteroatoms. The van der Waals surface area contributed by atoms with Gasteiger partial charge in [-0.3, -0.25) is 0 Å². The number of hydrogen-bond acceptors (Lipinski definition) is 21. The zero-order valence-electron chi connectivity index (χ0n) is 16.6. The van der Waals surface area contributed by atoms with Gasteiger partial charge in [0.15, 0.2) is 0 Å². The molecule has 0 aromatic heterocycles. The van der Waals surface area contributed by atoms with Gasteiger partial charge in [0, 0.05) is 64.2 Å². The molecule has 36 heavy (non-hydrogen) atoms. The molecule has 0 rings (SSSR count). The summed E-state index contributed by atoms with van der Waals surface area (Å²) in [6.07, 6.45) is 0. The Morgan fingerprint density at radius 3 is 0.278 bits per heavy atom. The van der Waals surface area contributed by atoms with Crippen molar-refractivity contribution in [3.63, 3.8) is 0 Å². The van der Waals surface area contributed by atoms with Crippen LogP contribution < -0.4 is 126 Å². The van der Waals surface area contributed by atoms with Crippen LogP contribution in [-0.4, -0.2) is 64.2 Å². The van der Waals surface area contributed by atoms with E-state index in [0.717, 1.165) is 0 Å². The largest absolute Gasteiger partial charge is 3.00 e. The fraction of sp³-hybridized carbons (Fsp3) is 0. The zero-order valence-corrected chi connectivity index (χ0v) is 35.0. The first-order chi connectivity index (χ1) is 12.1. The molecule has 0 spiro atoms. The maximum atomic E-state index is 8.52. The molecule has 0 saturated heterocycles. The van der Waals surface area contributed by atoms with Gasteiger partial charge in [0.05, 0.1) is 0 Å². The van der Waals surface area contributed by atoms with E-state index in [-0.39, 0.29) is 152 Å². The van der Waals surface area contributed by atoms with Gasteiger partial charge in [-0.05, 0) is 0 Å². The standard InChI is InChI=1S/4Fe.2Na.7O3Si.O.Zn/c;;;;;;7*1-4(2)3;;/q4*+3;2*+1;8*-2;+2. The van der Waals surface area contributed by atoms with Crippen molar-refractivity contribution in [1.29, 1.82) is 0 Å². The third-order valence-corrected chi connectivity index (χ3v) is 0. The van der Waals surface area contributed by atoms with Gasteiger partial charge in [-0.15, -0.1) is 0 Å². The predicted octanol–water partition coefficient (Wildman–Crippen LogP) is -26.3. The third kappa shape index (κ3) is 11200. The van der Waals surface area contributed by atoms with Crippen LogP contribution in [0.15, 0.2) is 0 Å². The van der Waals surface area contributed by atoms with E-state index in [2.05, 4.69) is 0 Å². The Balaban J connectivity index is -0.0000000106. The van der Waals surface area contributed by atoms with Crippen molar-refractivity contribution >= 4 is 64.2 Å². The molecule has 0 aliphatic carbocycles. The van der Waals surface area contributed by atoms with Crippen molar-refractivity contribution in [2.75, 3.05) is 0 Å². The molecule has 4 radical (unpaired) electrons. The molecule has 0 aromatic rings. The van der Waals surface area contributed by atoms with Gasteiger partial charge in [-0.2, -0.15) is 0 Å². The summed E-state index contributed by atoms with van der Waals surface area (Å²) < 4.78 is 59.6. The van der Waals surface area contributed by atoms with Crippen LogP contribution in [0.1, 0.15) is 0 Å². The summed E-state index contributed by atoms with van der Waals surface area (Å²) in [7, 11) is -25.4. The predicted molar refractivity (Wildman–Crippen MR) is 45.8 cm³/mol. The van der Waals surface area contributed by atoms with E-state index in [0.29, 0.717) is 0 Å². The second-order valence-electron chi connectivity index (χ2n) is 1.75. The average Bonchev–Trinajstić information content (AvgIpc) is 2.20. The van der Waals surface area contributed by atoms with E-state index in [1.54, 1.807) is 0 Å². The van der Waals surface area contributed by atoms with Gasteiger partial charge in [0.1, 0.15) is 0 Å². The third-order valence-electron chi connectivity index (χ3n) is 0. The molecule has 0 heterocycles. The van der Waals surface area contributed by atoms with Gasteiger partial charge in [0.2, 0.25) is 0 Å². The van der Waals surface area contributed by atoms with Crippen molar-refractivity contribution in [3.05, 3.63) is 0 Å². The van der Waals surface area contributed by atoms with E-state index in [4.69, 9.17) is 98.4 Å². The van der Waals surface area contributed by atoms with Crippen LogP contribution in [0.4, 0.5) is 0 Å². The van der Waals surface area contributed by atoms with Crippen molar-refractivity contribution in [2.24, 2.45) is 0 Å². The van der Waals surface area contributed by atoms with Crippen molar-refractivity contribution in [3.8, 4) is 0 Å². The van der Waals surface area contributed by atoms with Crippen LogP contribution in [-0.2, 0) is 124 Å². The van der Waals surface area contributed by atoms with Crippen LogP contribution in [0.2, 0.25) is 0 Å². The van der Waals surface area contributed by atoms with Gasteiger partial charge in [-0.25, -0.2) is 0 Å². The van der Waals surface area contributed by atoms with Crippen molar-refractivity contribution in [1.82, 2.24) is 0 Å². The molecular weight excluding hydrogens is 883 g/mol. The van der Waals surface area contributed by atoms with Crippen LogP contribution >= 0.6 is 0 Å². The van der Waals surface area contributed by atoms with E-state index < -0.39 is 64.2 Å². The summed E-state index contributed by atoms with van der Waals surface area (Å²) in [6, 6.07) is 0. The number of hydrogen-bond donors (Lipinski definition) is 0. The van der Waals surface area contributed by atoms with Gasteiger partial charge in [-0.1, -0.05) is 0 Å². The quantitative estimate of drug-likeness (QED) is 0.204. The Bertz CT molecular complexity index is 337. The summed E-state index contributed by atoms with van der Waals surface area (Å²) in [6.45, 7) is 0. The van der Waals surface area contributed by atoms with Crippen LogP contribution in [0.5, 0.6) is 0 Å². The maximum absolute atomic E-state index is 8.52. The first-order valence-corrected chi connectivity index (χ1v) is 12.9. The van der Waals surface area contributed by atoms with E-state index in [1.807, 2.05) is 0 Å². The van der Waals surface area contributed by atoms with Crippen LogP contribution in [0.25, 0.3) is 0 Å². The van der Waals surface area contributed by atoms with Crippen molar-refractivity contribution in [2.45, 2.75) is 0 Å². The minimum Gasteiger partial charge on any atom is -2.00 e. The molecule has 0 unspecified atom stereocenters. The minimum absolute atomic E-state index is 0. The van der Waals surface area contributed by atoms with Gasteiger partial charge >= 0.3 is 147 Å². The summed E-state index contributed by atoms with van der Waals surface area (Å²) >= 11 is 0. The summed E-state index contributed by atoms with van der Waals surface area (Å²) in [5.74, 6) is 0. The number of rotatable bonds is 0. The second kappa shape index (κ2) is 90.7. The van der Waals surface area contributed by atoms with Gasteiger partial charge in [0.25, 0.3) is 0 Å². The molecule has 0 aliphatic rings.